The number of methoxy groups -OCH3 is 1. The van der Waals surface area contributed by atoms with Gasteiger partial charge in [0, 0.05) is 6.54 Å². The van der Waals surface area contributed by atoms with Crippen molar-refractivity contribution in [3.63, 3.8) is 0 Å². The third-order valence-electron chi connectivity index (χ3n) is 3.82. The van der Waals surface area contributed by atoms with Gasteiger partial charge in [-0.3, -0.25) is 0 Å². The predicted octanol–water partition coefficient (Wildman–Crippen LogP) is 3.95. The number of hydrogen-bond donors (Lipinski definition) is 1. The Kier molecular flexibility index (Phi) is 6.92. The van der Waals surface area contributed by atoms with E-state index in [1.165, 1.54) is 11.6 Å². The van der Waals surface area contributed by atoms with Gasteiger partial charge in [0.25, 0.3) is 0 Å². The lowest BCUT2D eigenvalue weighted by atomic mass is 9.87. The fraction of sp³-hybridized carbons (Fsp3) is 0.368. The van der Waals surface area contributed by atoms with Gasteiger partial charge in [-0.05, 0) is 63.9 Å². The van der Waals surface area contributed by atoms with Crippen LogP contribution in [0, 0.1) is 3.57 Å². The third-order valence-corrected chi connectivity index (χ3v) is 6.12. The second kappa shape index (κ2) is 8.58. The molecular formula is C19H24INO4S. The Morgan fingerprint density at radius 3 is 2.27 bits per heavy atom. The molecule has 2 aromatic carbocycles. The van der Waals surface area contributed by atoms with E-state index in [1.807, 2.05) is 46.9 Å². The highest BCUT2D eigenvalue weighted by Gasteiger charge is 2.16. The van der Waals surface area contributed by atoms with E-state index in [-0.39, 0.29) is 23.5 Å². The normalized spacial score (nSPS) is 12.0. The van der Waals surface area contributed by atoms with E-state index in [0.717, 1.165) is 9.32 Å². The molecule has 0 bridgehead atoms. The van der Waals surface area contributed by atoms with Crippen LogP contribution in [-0.2, 0) is 15.4 Å². The molecule has 7 heteroatoms. The lowest BCUT2D eigenvalue weighted by Gasteiger charge is -2.19. The molecule has 0 aliphatic rings. The smallest absolute Gasteiger partial charge is 0.240 e. The number of rotatable bonds is 7. The largest absolute Gasteiger partial charge is 0.496 e. The molecule has 0 unspecified atom stereocenters. The SMILES string of the molecule is COc1ccc(S(=O)(=O)NCCOc2ccc(C(C)(C)C)cc2)cc1I. The van der Waals surface area contributed by atoms with Crippen molar-refractivity contribution < 1.29 is 17.9 Å². The minimum absolute atomic E-state index is 0.0873. The summed E-state index contributed by atoms with van der Waals surface area (Å²) in [6.07, 6.45) is 0. The van der Waals surface area contributed by atoms with E-state index in [1.54, 1.807) is 19.2 Å². The van der Waals surface area contributed by atoms with Gasteiger partial charge in [0.2, 0.25) is 10.0 Å². The van der Waals surface area contributed by atoms with Crippen molar-refractivity contribution in [1.82, 2.24) is 4.72 Å². The number of ether oxygens (including phenoxy) is 2. The van der Waals surface area contributed by atoms with E-state index in [9.17, 15) is 8.42 Å². The van der Waals surface area contributed by atoms with Crippen molar-refractivity contribution in [3.05, 3.63) is 51.6 Å². The molecule has 2 rings (SSSR count). The highest BCUT2D eigenvalue weighted by atomic mass is 127. The Bertz CT molecular complexity index is 843. The first-order valence-electron chi connectivity index (χ1n) is 8.20. The van der Waals surface area contributed by atoms with Crippen LogP contribution in [0.25, 0.3) is 0 Å². The first-order valence-corrected chi connectivity index (χ1v) is 10.8. The topological polar surface area (TPSA) is 64.6 Å². The van der Waals surface area contributed by atoms with Gasteiger partial charge in [-0.25, -0.2) is 13.1 Å². The van der Waals surface area contributed by atoms with Crippen LogP contribution in [0.4, 0.5) is 0 Å². The molecule has 0 radical (unpaired) electrons. The average molecular weight is 489 g/mol. The van der Waals surface area contributed by atoms with Crippen molar-refractivity contribution >= 4 is 32.6 Å². The van der Waals surface area contributed by atoms with E-state index < -0.39 is 10.0 Å². The first-order chi connectivity index (χ1) is 12.1. The Morgan fingerprint density at radius 1 is 1.08 bits per heavy atom. The summed E-state index contributed by atoms with van der Waals surface area (Å²) in [6.45, 7) is 6.89. The summed E-state index contributed by atoms with van der Waals surface area (Å²) in [5.74, 6) is 1.36. The Labute approximate surface area is 169 Å². The molecule has 142 valence electrons. The van der Waals surface area contributed by atoms with Crippen LogP contribution in [0.5, 0.6) is 11.5 Å². The minimum atomic E-state index is -3.58. The number of nitrogens with one attached hydrogen (secondary N) is 1. The van der Waals surface area contributed by atoms with Gasteiger partial charge in [-0.15, -0.1) is 0 Å². The highest BCUT2D eigenvalue weighted by molar-refractivity contribution is 14.1. The summed E-state index contributed by atoms with van der Waals surface area (Å²) in [7, 11) is -2.03. The lowest BCUT2D eigenvalue weighted by molar-refractivity contribution is 0.322. The van der Waals surface area contributed by atoms with Crippen molar-refractivity contribution in [1.29, 1.82) is 0 Å². The molecule has 1 N–H and O–H groups in total. The molecule has 0 aliphatic heterocycles. The molecule has 5 nitrogen and oxygen atoms in total. The van der Waals surface area contributed by atoms with Crippen LogP contribution >= 0.6 is 22.6 Å². The predicted molar refractivity (Wildman–Crippen MR) is 112 cm³/mol. The van der Waals surface area contributed by atoms with Gasteiger partial charge in [-0.2, -0.15) is 0 Å². The summed E-state index contributed by atoms with van der Waals surface area (Å²) in [5, 5.41) is 0. The number of hydrogen-bond acceptors (Lipinski definition) is 4. The van der Waals surface area contributed by atoms with E-state index >= 15 is 0 Å². The second-order valence-corrected chi connectivity index (χ2v) is 9.75. The maximum Gasteiger partial charge on any atom is 0.240 e. The Hall–Kier alpha value is -1.32. The molecule has 0 atom stereocenters. The van der Waals surface area contributed by atoms with Crippen LogP contribution < -0.4 is 14.2 Å². The lowest BCUT2D eigenvalue weighted by Crippen LogP contribution is -2.28. The maximum atomic E-state index is 12.3. The van der Waals surface area contributed by atoms with Crippen LogP contribution in [0.2, 0.25) is 0 Å². The van der Waals surface area contributed by atoms with Gasteiger partial charge in [0.1, 0.15) is 18.1 Å². The summed E-state index contributed by atoms with van der Waals surface area (Å²) >= 11 is 2.04. The standard InChI is InChI=1S/C19H24INO4S/c1-19(2,3)14-5-7-15(8-6-14)25-12-11-21-26(22,23)16-9-10-18(24-4)17(20)13-16/h5-10,13,21H,11-12H2,1-4H3. The van der Waals surface area contributed by atoms with Crippen molar-refractivity contribution in [3.8, 4) is 11.5 Å². The average Bonchev–Trinajstić information content (AvgIpc) is 2.58. The van der Waals surface area contributed by atoms with Crippen molar-refractivity contribution in [2.24, 2.45) is 0 Å². The summed E-state index contributed by atoms with van der Waals surface area (Å²) in [5.41, 5.74) is 1.31. The van der Waals surface area contributed by atoms with Crippen LogP contribution in [-0.4, -0.2) is 28.7 Å². The zero-order valence-corrected chi connectivity index (χ0v) is 18.3. The molecule has 0 aromatic heterocycles. The van der Waals surface area contributed by atoms with Gasteiger partial charge in [0.15, 0.2) is 0 Å². The zero-order chi connectivity index (χ0) is 19.4. The summed E-state index contributed by atoms with van der Waals surface area (Å²) in [4.78, 5) is 0.206. The minimum Gasteiger partial charge on any atom is -0.496 e. The van der Waals surface area contributed by atoms with Crippen LogP contribution in [0.15, 0.2) is 47.4 Å². The zero-order valence-electron chi connectivity index (χ0n) is 15.4. The molecule has 0 aliphatic carbocycles. The van der Waals surface area contributed by atoms with Gasteiger partial charge >= 0.3 is 0 Å². The maximum absolute atomic E-state index is 12.3. The van der Waals surface area contributed by atoms with Crippen LogP contribution in [0.3, 0.4) is 0 Å². The second-order valence-electron chi connectivity index (χ2n) is 6.82. The molecular weight excluding hydrogens is 465 g/mol. The summed E-state index contributed by atoms with van der Waals surface area (Å²) in [6, 6.07) is 12.6. The van der Waals surface area contributed by atoms with E-state index in [2.05, 4.69) is 25.5 Å². The quantitative estimate of drug-likeness (QED) is 0.473. The van der Waals surface area contributed by atoms with Crippen LogP contribution in [0.1, 0.15) is 26.3 Å². The fourth-order valence-corrected chi connectivity index (χ4v) is 4.28. The first kappa shape index (κ1) is 21.0. The van der Waals surface area contributed by atoms with E-state index in [0.29, 0.717) is 5.75 Å². The Morgan fingerprint density at radius 2 is 1.73 bits per heavy atom. The number of benzene rings is 2. The molecule has 0 saturated carbocycles. The molecule has 26 heavy (non-hydrogen) atoms. The molecule has 0 amide bonds. The van der Waals surface area contributed by atoms with Gasteiger partial charge in [-0.1, -0.05) is 32.9 Å². The van der Waals surface area contributed by atoms with Crippen molar-refractivity contribution in [2.75, 3.05) is 20.3 Å². The molecule has 2 aromatic rings. The van der Waals surface area contributed by atoms with Gasteiger partial charge in [0.05, 0.1) is 15.6 Å². The number of sulfonamides is 1. The third kappa shape index (κ3) is 5.59. The van der Waals surface area contributed by atoms with Crippen molar-refractivity contribution in [2.45, 2.75) is 31.1 Å². The monoisotopic (exact) mass is 489 g/mol. The summed E-state index contributed by atoms with van der Waals surface area (Å²) < 4.78 is 38.7. The van der Waals surface area contributed by atoms with Gasteiger partial charge < -0.3 is 9.47 Å². The highest BCUT2D eigenvalue weighted by Crippen LogP contribution is 2.25. The molecule has 0 fully saturated rings. The molecule has 0 spiro atoms. The fourth-order valence-electron chi connectivity index (χ4n) is 2.29. The molecule has 0 saturated heterocycles. The Balaban J connectivity index is 1.90. The number of halogens is 1. The molecule has 0 heterocycles. The van der Waals surface area contributed by atoms with E-state index in [4.69, 9.17) is 9.47 Å².